The van der Waals surface area contributed by atoms with Crippen molar-refractivity contribution in [3.8, 4) is 16.6 Å². The zero-order chi connectivity index (χ0) is 24.0. The van der Waals surface area contributed by atoms with Crippen LogP contribution in [0, 0.1) is 19.8 Å². The summed E-state index contributed by atoms with van der Waals surface area (Å²) in [6.07, 6.45) is 0.341. The SMILES string of the molecule is COc1cc([C@H]2CC(=O)Nc3c2c(C)nn3-c2nc3ccc(C)cc3s2)ccc1OCC(C)C. The molecule has 7 nitrogen and oxygen atoms in total. The third kappa shape index (κ3) is 4.03. The average molecular weight is 477 g/mol. The maximum Gasteiger partial charge on any atom is 0.226 e. The number of methoxy groups -OCH3 is 1. The Morgan fingerprint density at radius 1 is 1.18 bits per heavy atom. The van der Waals surface area contributed by atoms with Gasteiger partial charge in [0, 0.05) is 17.9 Å². The van der Waals surface area contributed by atoms with E-state index < -0.39 is 0 Å². The number of hydrogen-bond donors (Lipinski definition) is 1. The fourth-order valence-electron chi connectivity index (χ4n) is 4.36. The first-order valence-electron chi connectivity index (χ1n) is 11.4. The number of carbonyl (C=O) groups is 1. The molecule has 0 fully saturated rings. The number of amides is 1. The van der Waals surface area contributed by atoms with Crippen molar-refractivity contribution in [2.45, 2.75) is 40.0 Å². The van der Waals surface area contributed by atoms with Gasteiger partial charge in [-0.3, -0.25) is 4.79 Å². The molecule has 8 heteroatoms. The lowest BCUT2D eigenvalue weighted by atomic mass is 9.85. The van der Waals surface area contributed by atoms with E-state index in [-0.39, 0.29) is 11.8 Å². The number of nitrogens with one attached hydrogen (secondary N) is 1. The van der Waals surface area contributed by atoms with Crippen molar-refractivity contribution in [3.63, 3.8) is 0 Å². The number of nitrogens with zero attached hydrogens (tertiary/aromatic N) is 3. The molecule has 2 aromatic carbocycles. The first-order valence-corrected chi connectivity index (χ1v) is 12.2. The molecule has 1 aliphatic rings. The van der Waals surface area contributed by atoms with Crippen LogP contribution < -0.4 is 14.8 Å². The molecule has 5 rings (SSSR count). The molecular formula is C26H28N4O3S. The van der Waals surface area contributed by atoms with Crippen molar-refractivity contribution < 1.29 is 14.3 Å². The van der Waals surface area contributed by atoms with Crippen LogP contribution in [0.1, 0.15) is 48.6 Å². The predicted molar refractivity (Wildman–Crippen MR) is 135 cm³/mol. The molecule has 1 aliphatic heterocycles. The molecule has 0 aliphatic carbocycles. The Morgan fingerprint density at radius 2 is 2.00 bits per heavy atom. The van der Waals surface area contributed by atoms with Gasteiger partial charge in [-0.15, -0.1) is 0 Å². The highest BCUT2D eigenvalue weighted by Crippen LogP contribution is 2.43. The van der Waals surface area contributed by atoms with E-state index in [4.69, 9.17) is 19.6 Å². The number of hydrogen-bond acceptors (Lipinski definition) is 6. The zero-order valence-electron chi connectivity index (χ0n) is 20.0. The Hall–Kier alpha value is -3.39. The van der Waals surface area contributed by atoms with E-state index in [2.05, 4.69) is 38.2 Å². The maximum absolute atomic E-state index is 12.8. The smallest absolute Gasteiger partial charge is 0.226 e. The summed E-state index contributed by atoms with van der Waals surface area (Å²) >= 11 is 1.57. The van der Waals surface area contributed by atoms with Gasteiger partial charge in [0.1, 0.15) is 5.82 Å². The second-order valence-corrected chi connectivity index (χ2v) is 10.2. The summed E-state index contributed by atoms with van der Waals surface area (Å²) in [6.45, 7) is 8.87. The summed E-state index contributed by atoms with van der Waals surface area (Å²) in [7, 11) is 1.64. The fraction of sp³-hybridized carbons (Fsp3) is 0.346. The van der Waals surface area contributed by atoms with Gasteiger partial charge in [-0.2, -0.15) is 9.78 Å². The van der Waals surface area contributed by atoms with Gasteiger partial charge in [-0.1, -0.05) is 37.3 Å². The third-order valence-corrected chi connectivity index (χ3v) is 6.97. The van der Waals surface area contributed by atoms with Crippen LogP contribution in [0.3, 0.4) is 0 Å². The summed E-state index contributed by atoms with van der Waals surface area (Å²) in [5.74, 6) is 2.29. The lowest BCUT2D eigenvalue weighted by Gasteiger charge is -2.25. The van der Waals surface area contributed by atoms with Crippen molar-refractivity contribution in [1.82, 2.24) is 14.8 Å². The molecule has 176 valence electrons. The molecule has 0 bridgehead atoms. The van der Waals surface area contributed by atoms with E-state index >= 15 is 0 Å². The van der Waals surface area contributed by atoms with Gasteiger partial charge in [0.15, 0.2) is 11.5 Å². The number of aryl methyl sites for hydroxylation is 2. The Labute approximate surface area is 202 Å². The predicted octanol–water partition coefficient (Wildman–Crippen LogP) is 5.62. The molecule has 1 amide bonds. The molecule has 1 N–H and O–H groups in total. The number of anilines is 1. The van der Waals surface area contributed by atoms with E-state index in [9.17, 15) is 4.79 Å². The Morgan fingerprint density at radius 3 is 2.76 bits per heavy atom. The minimum absolute atomic E-state index is 0.0466. The second kappa shape index (κ2) is 8.76. The van der Waals surface area contributed by atoms with Crippen LogP contribution in [0.5, 0.6) is 11.5 Å². The summed E-state index contributed by atoms with van der Waals surface area (Å²) in [5, 5.41) is 8.58. The highest BCUT2D eigenvalue weighted by Gasteiger charge is 2.33. The highest BCUT2D eigenvalue weighted by molar-refractivity contribution is 7.20. The Balaban J connectivity index is 1.56. The highest BCUT2D eigenvalue weighted by atomic mass is 32.1. The monoisotopic (exact) mass is 476 g/mol. The maximum atomic E-state index is 12.8. The second-order valence-electron chi connectivity index (χ2n) is 9.15. The topological polar surface area (TPSA) is 78.3 Å². The van der Waals surface area contributed by atoms with E-state index in [1.807, 2.05) is 31.2 Å². The molecule has 4 aromatic rings. The molecule has 2 aromatic heterocycles. The van der Waals surface area contributed by atoms with E-state index in [0.717, 1.165) is 32.2 Å². The van der Waals surface area contributed by atoms with E-state index in [0.29, 0.717) is 36.3 Å². The van der Waals surface area contributed by atoms with Crippen LogP contribution in [0.2, 0.25) is 0 Å². The first-order chi connectivity index (χ1) is 16.3. The average Bonchev–Trinajstić information content (AvgIpc) is 3.37. The molecule has 3 heterocycles. The lowest BCUT2D eigenvalue weighted by Crippen LogP contribution is -2.25. The summed E-state index contributed by atoms with van der Waals surface area (Å²) in [6, 6.07) is 12.1. The number of aromatic nitrogens is 3. The van der Waals surface area contributed by atoms with Crippen molar-refractivity contribution in [2.24, 2.45) is 5.92 Å². The van der Waals surface area contributed by atoms with Crippen molar-refractivity contribution in [3.05, 3.63) is 58.8 Å². The van der Waals surface area contributed by atoms with Gasteiger partial charge in [-0.25, -0.2) is 4.98 Å². The van der Waals surface area contributed by atoms with E-state index in [1.165, 1.54) is 5.56 Å². The molecule has 0 unspecified atom stereocenters. The number of carbonyl (C=O) groups excluding carboxylic acids is 1. The Bertz CT molecular complexity index is 1390. The van der Waals surface area contributed by atoms with E-state index in [1.54, 1.807) is 23.1 Å². The Kier molecular flexibility index (Phi) is 5.77. The van der Waals surface area contributed by atoms with Crippen LogP contribution in [-0.2, 0) is 4.79 Å². The molecule has 0 spiro atoms. The van der Waals surface area contributed by atoms with Crippen molar-refractivity contribution >= 4 is 33.3 Å². The summed E-state index contributed by atoms with van der Waals surface area (Å²) in [4.78, 5) is 17.6. The first kappa shape index (κ1) is 22.4. The van der Waals surface area contributed by atoms with Gasteiger partial charge >= 0.3 is 0 Å². The molecule has 1 atom stereocenters. The van der Waals surface area contributed by atoms with Gasteiger partial charge < -0.3 is 14.8 Å². The van der Waals surface area contributed by atoms with Crippen molar-refractivity contribution in [2.75, 3.05) is 19.0 Å². The summed E-state index contributed by atoms with van der Waals surface area (Å²) in [5.41, 5.74) is 4.98. The van der Waals surface area contributed by atoms with Gasteiger partial charge in [0.05, 0.1) is 29.6 Å². The quantitative estimate of drug-likeness (QED) is 0.391. The van der Waals surface area contributed by atoms with Crippen LogP contribution in [0.25, 0.3) is 15.3 Å². The van der Waals surface area contributed by atoms with Gasteiger partial charge in [0.2, 0.25) is 11.0 Å². The van der Waals surface area contributed by atoms with Crippen LogP contribution in [0.15, 0.2) is 36.4 Å². The fourth-order valence-corrected chi connectivity index (χ4v) is 5.38. The van der Waals surface area contributed by atoms with Crippen LogP contribution in [0.4, 0.5) is 5.82 Å². The lowest BCUT2D eigenvalue weighted by molar-refractivity contribution is -0.116. The largest absolute Gasteiger partial charge is 0.493 e. The molecule has 0 radical (unpaired) electrons. The number of benzene rings is 2. The zero-order valence-corrected chi connectivity index (χ0v) is 20.8. The van der Waals surface area contributed by atoms with Crippen LogP contribution >= 0.6 is 11.3 Å². The molecular weight excluding hydrogens is 448 g/mol. The molecule has 34 heavy (non-hydrogen) atoms. The third-order valence-electron chi connectivity index (χ3n) is 5.98. The van der Waals surface area contributed by atoms with Crippen molar-refractivity contribution in [1.29, 1.82) is 0 Å². The number of ether oxygens (including phenoxy) is 2. The number of thiazole rings is 1. The van der Waals surface area contributed by atoms with Gasteiger partial charge in [-0.05, 0) is 55.2 Å². The molecule has 0 saturated heterocycles. The number of fused-ring (bicyclic) bond motifs is 2. The normalized spacial score (nSPS) is 15.5. The van der Waals surface area contributed by atoms with Crippen LogP contribution in [-0.4, -0.2) is 34.4 Å². The minimum atomic E-state index is -0.137. The number of rotatable bonds is 6. The minimum Gasteiger partial charge on any atom is -0.493 e. The molecule has 0 saturated carbocycles. The summed E-state index contributed by atoms with van der Waals surface area (Å²) < 4.78 is 14.4. The standard InChI is InChI=1S/C26H28N4O3S/c1-14(2)13-33-20-9-7-17(11-21(20)32-5)18-12-23(31)28-25-24(18)16(4)29-30(25)26-27-19-8-6-15(3)10-22(19)34-26/h6-11,14,18H,12-13H2,1-5H3,(H,28,31)/t18-/m1/s1. The van der Waals surface area contributed by atoms with Gasteiger partial charge in [0.25, 0.3) is 0 Å².